The molecule has 2 atom stereocenters. The van der Waals surface area contributed by atoms with Crippen LogP contribution in [0.25, 0.3) is 11.3 Å². The van der Waals surface area contributed by atoms with E-state index in [1.165, 1.54) is 0 Å². The van der Waals surface area contributed by atoms with E-state index in [4.69, 9.17) is 11.6 Å². The molecule has 1 fully saturated rings. The fourth-order valence-corrected chi connectivity index (χ4v) is 4.94. The molecule has 3 aromatic rings. The molecule has 0 bridgehead atoms. The number of anilines is 1. The van der Waals surface area contributed by atoms with Gasteiger partial charge in [-0.15, -0.1) is 0 Å². The third-order valence-electron chi connectivity index (χ3n) is 7.03. The predicted molar refractivity (Wildman–Crippen MR) is 140 cm³/mol. The lowest BCUT2D eigenvalue weighted by Crippen LogP contribution is -2.59. The van der Waals surface area contributed by atoms with Crippen molar-refractivity contribution in [2.45, 2.75) is 45.8 Å². The van der Waals surface area contributed by atoms with Crippen LogP contribution in [0.15, 0.2) is 66.9 Å². The van der Waals surface area contributed by atoms with Crippen LogP contribution < -0.4 is 5.32 Å². The maximum Gasteiger partial charge on any atom is 0.245 e. The molecular weight excluding hydrogens is 460 g/mol. The van der Waals surface area contributed by atoms with E-state index < -0.39 is 17.1 Å². The Morgan fingerprint density at radius 2 is 1.77 bits per heavy atom. The van der Waals surface area contributed by atoms with Gasteiger partial charge < -0.3 is 15.3 Å². The van der Waals surface area contributed by atoms with Crippen LogP contribution in [0.1, 0.15) is 39.7 Å². The Kier molecular flexibility index (Phi) is 7.15. The first-order chi connectivity index (χ1) is 16.6. The minimum atomic E-state index is -1.05. The lowest BCUT2D eigenvalue weighted by molar-refractivity contribution is -0.154. The summed E-state index contributed by atoms with van der Waals surface area (Å²) in [5.41, 5.74) is 1.00. The van der Waals surface area contributed by atoms with E-state index in [2.05, 4.69) is 15.3 Å². The lowest BCUT2D eigenvalue weighted by atomic mass is 9.66. The lowest BCUT2D eigenvalue weighted by Gasteiger charge is -2.51. The zero-order valence-electron chi connectivity index (χ0n) is 20.7. The van der Waals surface area contributed by atoms with Gasteiger partial charge in [-0.3, -0.25) is 4.79 Å². The number of nitrogens with one attached hydrogen (secondary N) is 1. The Morgan fingerprint density at radius 3 is 2.40 bits per heavy atom. The Bertz CT molecular complexity index is 1170. The number of aromatic nitrogens is 2. The average molecular weight is 493 g/mol. The second-order valence-corrected chi connectivity index (χ2v) is 10.7. The summed E-state index contributed by atoms with van der Waals surface area (Å²) in [5.74, 6) is 0.430. The highest BCUT2D eigenvalue weighted by Crippen LogP contribution is 2.46. The number of carbonyl (C=O) groups is 1. The van der Waals surface area contributed by atoms with Gasteiger partial charge in [0.15, 0.2) is 0 Å². The fraction of sp³-hybridized carbons (Fsp3) is 0.393. The summed E-state index contributed by atoms with van der Waals surface area (Å²) in [6.07, 6.45) is 2.15. The number of rotatable bonds is 6. The van der Waals surface area contributed by atoms with Crippen LogP contribution in [-0.2, 0) is 10.4 Å². The number of amides is 1. The molecule has 0 aliphatic carbocycles. The number of aliphatic hydroxyl groups is 1. The minimum absolute atomic E-state index is 0.0139. The number of piperidine rings is 1. The molecular formula is C28H33ClN4O2. The van der Waals surface area contributed by atoms with E-state index in [-0.39, 0.29) is 11.8 Å². The number of hydrogen-bond donors (Lipinski definition) is 2. The number of benzene rings is 2. The molecule has 1 aliphatic heterocycles. The fourth-order valence-electron chi connectivity index (χ4n) is 4.82. The van der Waals surface area contributed by atoms with Gasteiger partial charge in [0.05, 0.1) is 11.3 Å². The van der Waals surface area contributed by atoms with Crippen molar-refractivity contribution >= 4 is 23.5 Å². The van der Waals surface area contributed by atoms with Gasteiger partial charge in [0.2, 0.25) is 11.9 Å². The topological polar surface area (TPSA) is 78.4 Å². The quantitative estimate of drug-likeness (QED) is 0.483. The molecule has 1 aliphatic rings. The molecule has 0 unspecified atom stereocenters. The monoisotopic (exact) mass is 492 g/mol. The standard InChI is InChI=1S/C28H33ClN4O2/c1-19(2)24(32-26-30-16-14-23(31-26)20-8-6-5-7-9-20)25(34)33-17-15-28(35,27(3,4)18-33)21-10-12-22(29)13-11-21/h5-14,16,19,24,35H,15,17-18H2,1-4H3,(H,30,31,32)/t24-,28+/m1/s1. The second-order valence-electron chi connectivity index (χ2n) is 10.3. The Balaban J connectivity index is 1.52. The maximum atomic E-state index is 13.7. The summed E-state index contributed by atoms with van der Waals surface area (Å²) in [6, 6.07) is 18.6. The highest BCUT2D eigenvalue weighted by Gasteiger charge is 2.50. The third-order valence-corrected chi connectivity index (χ3v) is 7.28. The Morgan fingerprint density at radius 1 is 1.09 bits per heavy atom. The summed E-state index contributed by atoms with van der Waals surface area (Å²) < 4.78 is 0. The largest absolute Gasteiger partial charge is 0.384 e. The smallest absolute Gasteiger partial charge is 0.245 e. The van der Waals surface area contributed by atoms with E-state index >= 15 is 0 Å². The first-order valence-electron chi connectivity index (χ1n) is 12.0. The molecule has 7 heteroatoms. The van der Waals surface area contributed by atoms with Gasteiger partial charge in [-0.25, -0.2) is 9.97 Å². The van der Waals surface area contributed by atoms with Crippen molar-refractivity contribution in [2.24, 2.45) is 11.3 Å². The molecule has 2 N–H and O–H groups in total. The maximum absolute atomic E-state index is 13.7. The van der Waals surface area contributed by atoms with E-state index in [0.29, 0.717) is 30.5 Å². The number of likely N-dealkylation sites (tertiary alicyclic amines) is 1. The van der Waals surface area contributed by atoms with E-state index in [1.807, 2.05) is 81.1 Å². The summed E-state index contributed by atoms with van der Waals surface area (Å²) in [6.45, 7) is 8.92. The van der Waals surface area contributed by atoms with E-state index in [1.54, 1.807) is 18.3 Å². The summed E-state index contributed by atoms with van der Waals surface area (Å²) in [4.78, 5) is 24.6. The van der Waals surface area contributed by atoms with E-state index in [9.17, 15) is 9.90 Å². The number of hydrogen-bond acceptors (Lipinski definition) is 5. The molecule has 1 saturated heterocycles. The van der Waals surface area contributed by atoms with Crippen LogP contribution >= 0.6 is 11.6 Å². The molecule has 1 aromatic heterocycles. The minimum Gasteiger partial charge on any atom is -0.384 e. The van der Waals surface area contributed by atoms with Gasteiger partial charge in [-0.1, -0.05) is 81.8 Å². The number of nitrogens with zero attached hydrogens (tertiary/aromatic N) is 3. The zero-order chi connectivity index (χ0) is 25.2. The number of carbonyl (C=O) groups excluding carboxylic acids is 1. The highest BCUT2D eigenvalue weighted by molar-refractivity contribution is 6.30. The van der Waals surface area contributed by atoms with Crippen molar-refractivity contribution < 1.29 is 9.90 Å². The summed E-state index contributed by atoms with van der Waals surface area (Å²) in [7, 11) is 0. The van der Waals surface area contributed by atoms with E-state index in [0.717, 1.165) is 16.8 Å². The molecule has 35 heavy (non-hydrogen) atoms. The van der Waals surface area contributed by atoms with Crippen LogP contribution in [0.5, 0.6) is 0 Å². The molecule has 4 rings (SSSR count). The van der Waals surface area contributed by atoms with Crippen LogP contribution in [0.4, 0.5) is 5.95 Å². The number of halogens is 1. The van der Waals surface area contributed by atoms with Gasteiger partial charge in [0, 0.05) is 35.3 Å². The molecule has 0 saturated carbocycles. The summed E-state index contributed by atoms with van der Waals surface area (Å²) >= 11 is 6.06. The van der Waals surface area contributed by atoms with Crippen molar-refractivity contribution in [3.63, 3.8) is 0 Å². The molecule has 184 valence electrons. The van der Waals surface area contributed by atoms with Crippen molar-refractivity contribution in [3.05, 3.63) is 77.4 Å². The first-order valence-corrected chi connectivity index (χ1v) is 12.4. The van der Waals surface area contributed by atoms with Crippen molar-refractivity contribution in [3.8, 4) is 11.3 Å². The molecule has 0 radical (unpaired) electrons. The Labute approximate surface area is 212 Å². The second kappa shape index (κ2) is 9.96. The molecule has 0 spiro atoms. The summed E-state index contributed by atoms with van der Waals surface area (Å²) in [5, 5.41) is 15.6. The Hall–Kier alpha value is -2.96. The van der Waals surface area contributed by atoms with Crippen molar-refractivity contribution in [2.75, 3.05) is 18.4 Å². The van der Waals surface area contributed by atoms with Gasteiger partial charge >= 0.3 is 0 Å². The SMILES string of the molecule is CC(C)[C@@H](Nc1nccc(-c2ccccc2)n1)C(=O)N1CC[C@](O)(c2ccc(Cl)cc2)C(C)(C)C1. The molecule has 2 heterocycles. The zero-order valence-corrected chi connectivity index (χ0v) is 21.5. The van der Waals surface area contributed by atoms with Gasteiger partial charge in [-0.2, -0.15) is 0 Å². The van der Waals surface area contributed by atoms with Crippen molar-refractivity contribution in [1.29, 1.82) is 0 Å². The van der Waals surface area contributed by atoms with Gasteiger partial charge in [0.1, 0.15) is 6.04 Å². The normalized spacial score (nSPS) is 20.5. The average Bonchev–Trinajstić information content (AvgIpc) is 2.84. The molecule has 2 aromatic carbocycles. The van der Waals surface area contributed by atoms with Gasteiger partial charge in [0.25, 0.3) is 0 Å². The predicted octanol–water partition coefficient (Wildman–Crippen LogP) is 5.38. The third kappa shape index (κ3) is 5.19. The van der Waals surface area contributed by atoms with Crippen LogP contribution in [-0.4, -0.2) is 45.0 Å². The van der Waals surface area contributed by atoms with Gasteiger partial charge in [-0.05, 0) is 36.1 Å². The first kappa shape index (κ1) is 25.1. The van der Waals surface area contributed by atoms with Crippen LogP contribution in [0, 0.1) is 11.3 Å². The molecule has 6 nitrogen and oxygen atoms in total. The van der Waals surface area contributed by atoms with Crippen LogP contribution in [0.3, 0.4) is 0 Å². The highest BCUT2D eigenvalue weighted by atomic mass is 35.5. The van der Waals surface area contributed by atoms with Crippen molar-refractivity contribution in [1.82, 2.24) is 14.9 Å². The van der Waals surface area contributed by atoms with Crippen LogP contribution in [0.2, 0.25) is 5.02 Å². The molecule has 1 amide bonds.